The fourth-order valence-corrected chi connectivity index (χ4v) is 1.62. The van der Waals surface area contributed by atoms with Gasteiger partial charge in [0.1, 0.15) is 10.7 Å². The molecule has 1 rings (SSSR count). The topological polar surface area (TPSA) is 73.1 Å². The van der Waals surface area contributed by atoms with Crippen molar-refractivity contribution in [3.05, 3.63) is 17.5 Å². The van der Waals surface area contributed by atoms with Crippen molar-refractivity contribution in [3.8, 4) is 0 Å². The van der Waals surface area contributed by atoms with E-state index in [1.165, 1.54) is 0 Å². The molecule has 0 saturated carbocycles. The second-order valence-corrected chi connectivity index (χ2v) is 5.08. The largest absolute Gasteiger partial charge is 0.388 e. The second kappa shape index (κ2) is 8.01. The van der Waals surface area contributed by atoms with Crippen LogP contribution in [0.3, 0.4) is 0 Å². The molecule has 0 aromatic carbocycles. The van der Waals surface area contributed by atoms with Gasteiger partial charge in [-0.05, 0) is 39.7 Å². The number of thiocarbonyl (C=S) groups is 1. The molecule has 1 aromatic heterocycles. The minimum absolute atomic E-state index is 0.291. The summed E-state index contributed by atoms with van der Waals surface area (Å²) in [7, 11) is 0. The predicted octanol–water partition coefficient (Wildman–Crippen LogP) is 2.04. The molecule has 0 spiro atoms. The molecular weight excluding hydrogens is 260 g/mol. The number of nitrogens with two attached hydrogens (primary N) is 1. The number of hydrogen-bond donors (Lipinski definition) is 2. The average molecular weight is 282 g/mol. The zero-order valence-corrected chi connectivity index (χ0v) is 12.6. The first-order valence-electron chi connectivity index (χ1n) is 6.50. The van der Waals surface area contributed by atoms with E-state index in [2.05, 4.69) is 15.3 Å². The first-order valence-corrected chi connectivity index (χ1v) is 6.91. The Labute approximate surface area is 120 Å². The Morgan fingerprint density at radius 1 is 1.42 bits per heavy atom. The van der Waals surface area contributed by atoms with Crippen molar-refractivity contribution in [3.63, 3.8) is 0 Å². The maximum Gasteiger partial charge on any atom is 0.223 e. The van der Waals surface area contributed by atoms with Crippen LogP contribution in [0.5, 0.6) is 0 Å². The van der Waals surface area contributed by atoms with E-state index in [9.17, 15) is 0 Å². The van der Waals surface area contributed by atoms with Crippen molar-refractivity contribution in [2.75, 3.05) is 18.5 Å². The molecule has 6 heteroatoms. The third-order valence-electron chi connectivity index (χ3n) is 2.41. The summed E-state index contributed by atoms with van der Waals surface area (Å²) in [6.45, 7) is 7.56. The van der Waals surface area contributed by atoms with Crippen LogP contribution in [0.2, 0.25) is 0 Å². The summed E-state index contributed by atoms with van der Waals surface area (Å²) in [6, 6.07) is 1.78. The summed E-state index contributed by atoms with van der Waals surface area (Å²) in [4.78, 5) is 8.84. The third-order valence-corrected chi connectivity index (χ3v) is 2.62. The molecule has 19 heavy (non-hydrogen) atoms. The van der Waals surface area contributed by atoms with E-state index < -0.39 is 0 Å². The summed E-state index contributed by atoms with van der Waals surface area (Å²) in [5, 5.41) is 3.18. The second-order valence-electron chi connectivity index (χ2n) is 4.64. The Bertz CT molecular complexity index is 423. The van der Waals surface area contributed by atoms with Gasteiger partial charge in [0.15, 0.2) is 0 Å². The Morgan fingerprint density at radius 2 is 2.16 bits per heavy atom. The zero-order chi connectivity index (χ0) is 14.3. The fourth-order valence-electron chi connectivity index (χ4n) is 1.52. The van der Waals surface area contributed by atoms with Gasteiger partial charge in [-0.25, -0.2) is 9.97 Å². The molecule has 0 aliphatic heterocycles. The van der Waals surface area contributed by atoms with Crippen LogP contribution in [0.4, 0.5) is 5.95 Å². The summed E-state index contributed by atoms with van der Waals surface area (Å²) >= 11 is 4.92. The number of nitrogens with one attached hydrogen (secondary N) is 1. The SMILES string of the molecule is Cc1cc(C(N)=S)nc(NCCCCOC(C)C)n1. The molecule has 3 N–H and O–H groups in total. The van der Waals surface area contributed by atoms with Gasteiger partial charge < -0.3 is 15.8 Å². The highest BCUT2D eigenvalue weighted by molar-refractivity contribution is 7.80. The van der Waals surface area contributed by atoms with Crippen LogP contribution in [-0.4, -0.2) is 34.2 Å². The van der Waals surface area contributed by atoms with Gasteiger partial charge in [0.05, 0.1) is 6.10 Å². The van der Waals surface area contributed by atoms with Crippen molar-refractivity contribution in [2.45, 2.75) is 39.7 Å². The highest BCUT2D eigenvalue weighted by Gasteiger charge is 2.03. The first kappa shape index (κ1) is 15.8. The highest BCUT2D eigenvalue weighted by atomic mass is 32.1. The zero-order valence-electron chi connectivity index (χ0n) is 11.8. The number of nitrogens with zero attached hydrogens (tertiary/aromatic N) is 2. The van der Waals surface area contributed by atoms with Crippen LogP contribution in [-0.2, 0) is 4.74 Å². The molecule has 0 radical (unpaired) electrons. The molecule has 0 aliphatic carbocycles. The Balaban J connectivity index is 2.35. The van der Waals surface area contributed by atoms with Gasteiger partial charge in [-0.1, -0.05) is 12.2 Å². The van der Waals surface area contributed by atoms with Crippen LogP contribution >= 0.6 is 12.2 Å². The van der Waals surface area contributed by atoms with E-state index in [-0.39, 0.29) is 0 Å². The third kappa shape index (κ3) is 6.45. The molecule has 0 unspecified atom stereocenters. The van der Waals surface area contributed by atoms with Crippen LogP contribution in [0.1, 0.15) is 38.1 Å². The van der Waals surface area contributed by atoms with E-state index in [0.29, 0.717) is 22.7 Å². The minimum atomic E-state index is 0.291. The lowest BCUT2D eigenvalue weighted by molar-refractivity contribution is 0.0765. The standard InChI is InChI=1S/C13H22N4OS/c1-9(2)18-7-5-4-6-15-13-16-10(3)8-11(17-13)12(14)19/h8-9H,4-7H2,1-3H3,(H2,14,19)(H,15,16,17). The molecule has 106 valence electrons. The Morgan fingerprint density at radius 3 is 2.79 bits per heavy atom. The van der Waals surface area contributed by atoms with Crippen molar-refractivity contribution >= 4 is 23.2 Å². The molecule has 0 saturated heterocycles. The fraction of sp³-hybridized carbons (Fsp3) is 0.615. The molecule has 0 atom stereocenters. The van der Waals surface area contributed by atoms with Crippen molar-refractivity contribution in [1.29, 1.82) is 0 Å². The van der Waals surface area contributed by atoms with Gasteiger partial charge in [-0.2, -0.15) is 0 Å². The number of aryl methyl sites for hydroxylation is 1. The number of hydrogen-bond acceptors (Lipinski definition) is 5. The van der Waals surface area contributed by atoms with Gasteiger partial charge >= 0.3 is 0 Å². The minimum Gasteiger partial charge on any atom is -0.388 e. The van der Waals surface area contributed by atoms with E-state index >= 15 is 0 Å². The van der Waals surface area contributed by atoms with Crippen molar-refractivity contribution in [2.24, 2.45) is 5.73 Å². The van der Waals surface area contributed by atoms with Gasteiger partial charge in [0, 0.05) is 18.8 Å². The molecule has 0 bridgehead atoms. The first-order chi connectivity index (χ1) is 8.99. The van der Waals surface area contributed by atoms with Gasteiger partial charge in [0.2, 0.25) is 5.95 Å². The molecule has 0 amide bonds. The number of rotatable bonds is 8. The van der Waals surface area contributed by atoms with Gasteiger partial charge in [-0.15, -0.1) is 0 Å². The lowest BCUT2D eigenvalue weighted by Crippen LogP contribution is -2.15. The quantitative estimate of drug-likeness (QED) is 0.561. The van der Waals surface area contributed by atoms with Gasteiger partial charge in [-0.3, -0.25) is 0 Å². The van der Waals surface area contributed by atoms with Crippen LogP contribution in [0.15, 0.2) is 6.07 Å². The van der Waals surface area contributed by atoms with E-state index in [1.54, 1.807) is 6.07 Å². The summed E-state index contributed by atoms with van der Waals surface area (Å²) in [6.07, 6.45) is 2.31. The van der Waals surface area contributed by atoms with Crippen LogP contribution in [0, 0.1) is 6.92 Å². The van der Waals surface area contributed by atoms with E-state index in [0.717, 1.165) is 31.7 Å². The van der Waals surface area contributed by atoms with E-state index in [1.807, 2.05) is 20.8 Å². The number of unbranched alkanes of at least 4 members (excludes halogenated alkanes) is 1. The van der Waals surface area contributed by atoms with E-state index in [4.69, 9.17) is 22.7 Å². The smallest absolute Gasteiger partial charge is 0.223 e. The summed E-state index contributed by atoms with van der Waals surface area (Å²) < 4.78 is 5.47. The lowest BCUT2D eigenvalue weighted by Gasteiger charge is -2.09. The normalized spacial score (nSPS) is 10.7. The molecule has 5 nitrogen and oxygen atoms in total. The molecule has 0 aliphatic rings. The number of ether oxygens (including phenoxy) is 1. The maximum absolute atomic E-state index is 5.57. The number of anilines is 1. The predicted molar refractivity (Wildman–Crippen MR) is 81.5 cm³/mol. The van der Waals surface area contributed by atoms with Crippen molar-refractivity contribution in [1.82, 2.24) is 9.97 Å². The van der Waals surface area contributed by atoms with Crippen LogP contribution in [0.25, 0.3) is 0 Å². The summed E-state index contributed by atoms with van der Waals surface area (Å²) in [5.74, 6) is 0.576. The number of aromatic nitrogens is 2. The summed E-state index contributed by atoms with van der Waals surface area (Å²) in [5.41, 5.74) is 7.03. The molecule has 0 fully saturated rings. The average Bonchev–Trinajstić information content (AvgIpc) is 2.32. The molecule has 1 aromatic rings. The Hall–Kier alpha value is -1.27. The van der Waals surface area contributed by atoms with Crippen LogP contribution < -0.4 is 11.1 Å². The molecule has 1 heterocycles. The van der Waals surface area contributed by atoms with Gasteiger partial charge in [0.25, 0.3) is 0 Å². The van der Waals surface area contributed by atoms with Crippen molar-refractivity contribution < 1.29 is 4.74 Å². The monoisotopic (exact) mass is 282 g/mol. The highest BCUT2D eigenvalue weighted by Crippen LogP contribution is 2.05. The lowest BCUT2D eigenvalue weighted by atomic mass is 10.3. The Kier molecular flexibility index (Phi) is 6.66. The molecular formula is C13H22N4OS. The maximum atomic E-state index is 5.57.